The van der Waals surface area contributed by atoms with E-state index >= 15 is 0 Å². The molecule has 5 heteroatoms. The van der Waals surface area contributed by atoms with Crippen LogP contribution in [0.3, 0.4) is 0 Å². The van der Waals surface area contributed by atoms with Crippen LogP contribution in [0.4, 0.5) is 10.1 Å². The van der Waals surface area contributed by atoms with Crippen molar-refractivity contribution in [3.63, 3.8) is 0 Å². The molecule has 2 N–H and O–H groups in total. The van der Waals surface area contributed by atoms with Gasteiger partial charge in [0.2, 0.25) is 5.91 Å². The van der Waals surface area contributed by atoms with Crippen LogP contribution in [-0.4, -0.2) is 11.9 Å². The summed E-state index contributed by atoms with van der Waals surface area (Å²) in [6, 6.07) is 12.1. The minimum absolute atomic E-state index is 0.0544. The summed E-state index contributed by atoms with van der Waals surface area (Å²) in [5.74, 6) is -1.06. The predicted octanol–water partition coefficient (Wildman–Crippen LogP) is 2.42. The van der Waals surface area contributed by atoms with Crippen molar-refractivity contribution in [2.75, 3.05) is 4.90 Å². The zero-order chi connectivity index (χ0) is 16.6. The molecular weight excluding hydrogens is 293 g/mol. The second-order valence-corrected chi connectivity index (χ2v) is 5.77. The van der Waals surface area contributed by atoms with Gasteiger partial charge in [0.15, 0.2) is 0 Å². The van der Waals surface area contributed by atoms with Crippen LogP contribution in [0.5, 0.6) is 0 Å². The molecule has 0 radical (unpaired) electrons. The Kier molecular flexibility index (Phi) is 3.75. The van der Waals surface area contributed by atoms with Crippen LogP contribution < -0.4 is 10.6 Å². The maximum atomic E-state index is 14.1. The maximum Gasteiger partial charge on any atom is 0.240 e. The first-order valence-corrected chi connectivity index (χ1v) is 7.34. The number of rotatable bonds is 2. The Labute approximate surface area is 133 Å². The molecule has 23 heavy (non-hydrogen) atoms. The second-order valence-electron chi connectivity index (χ2n) is 5.77. The van der Waals surface area contributed by atoms with Gasteiger partial charge in [-0.15, -0.1) is 0 Å². The van der Waals surface area contributed by atoms with E-state index in [1.165, 1.54) is 6.07 Å². The molecule has 0 spiro atoms. The number of carbonyl (C=O) groups is 1. The monoisotopic (exact) mass is 309 g/mol. The highest BCUT2D eigenvalue weighted by Gasteiger charge is 2.32. The first-order valence-electron chi connectivity index (χ1n) is 7.34. The van der Waals surface area contributed by atoms with Crippen LogP contribution in [0.25, 0.3) is 0 Å². The molecule has 1 heterocycles. The molecule has 116 valence electrons. The summed E-state index contributed by atoms with van der Waals surface area (Å²) in [7, 11) is 0. The number of aryl methyl sites for hydroxylation is 1. The zero-order valence-electron chi connectivity index (χ0n) is 12.7. The summed E-state index contributed by atoms with van der Waals surface area (Å²) in [6.07, 6.45) is 0.450. The topological polar surface area (TPSA) is 70.1 Å². The average molecular weight is 309 g/mol. The number of amides is 1. The van der Waals surface area contributed by atoms with Crippen molar-refractivity contribution in [3.05, 3.63) is 64.5 Å². The van der Waals surface area contributed by atoms with Gasteiger partial charge in [0.25, 0.3) is 0 Å². The molecule has 1 aliphatic heterocycles. The van der Waals surface area contributed by atoms with Gasteiger partial charge in [-0.25, -0.2) is 4.39 Å². The number of anilines is 1. The summed E-state index contributed by atoms with van der Waals surface area (Å²) >= 11 is 0. The quantitative estimate of drug-likeness (QED) is 0.926. The minimum atomic E-state index is -0.599. The number of benzene rings is 2. The number of nitrogens with two attached hydrogens (primary N) is 1. The largest absolute Gasteiger partial charge is 0.368 e. The van der Waals surface area contributed by atoms with Crippen LogP contribution in [0.15, 0.2) is 36.4 Å². The van der Waals surface area contributed by atoms with Gasteiger partial charge in [0.1, 0.15) is 23.5 Å². The first kappa shape index (κ1) is 15.0. The fraction of sp³-hybridized carbons (Fsp3) is 0.222. The van der Waals surface area contributed by atoms with Gasteiger partial charge in [-0.3, -0.25) is 4.79 Å². The Bertz CT molecular complexity index is 826. The summed E-state index contributed by atoms with van der Waals surface area (Å²) < 4.78 is 14.1. The van der Waals surface area contributed by atoms with E-state index in [4.69, 9.17) is 5.73 Å². The van der Waals surface area contributed by atoms with Crippen molar-refractivity contribution in [2.45, 2.75) is 25.9 Å². The fourth-order valence-electron chi connectivity index (χ4n) is 3.09. The standard InChI is InChI=1S/C18H16FN3O/c1-11-6-15(19)14(9-20)16(7-11)22-10-13-5-3-2-4-12(13)8-17(22)18(21)23/h2-7,17H,8,10H2,1H3,(H2,21,23). The van der Waals surface area contributed by atoms with Crippen molar-refractivity contribution >= 4 is 11.6 Å². The first-order chi connectivity index (χ1) is 11.0. The van der Waals surface area contributed by atoms with Crippen molar-refractivity contribution in [3.8, 4) is 6.07 Å². The Morgan fingerprint density at radius 3 is 2.70 bits per heavy atom. The lowest BCUT2D eigenvalue weighted by Gasteiger charge is -2.37. The van der Waals surface area contributed by atoms with Crippen LogP contribution in [-0.2, 0) is 17.8 Å². The van der Waals surface area contributed by atoms with E-state index in [0.717, 1.165) is 11.1 Å². The molecule has 1 aliphatic rings. The highest BCUT2D eigenvalue weighted by atomic mass is 19.1. The Morgan fingerprint density at radius 1 is 1.35 bits per heavy atom. The summed E-state index contributed by atoms with van der Waals surface area (Å²) in [6.45, 7) is 2.17. The molecule has 4 nitrogen and oxygen atoms in total. The van der Waals surface area contributed by atoms with E-state index in [-0.39, 0.29) is 5.56 Å². The lowest BCUT2D eigenvalue weighted by molar-refractivity contribution is -0.119. The SMILES string of the molecule is Cc1cc(F)c(C#N)c(N2Cc3ccccc3CC2C(N)=O)c1. The Morgan fingerprint density at radius 2 is 2.04 bits per heavy atom. The average Bonchev–Trinajstić information content (AvgIpc) is 2.52. The van der Waals surface area contributed by atoms with Crippen molar-refractivity contribution in [2.24, 2.45) is 5.73 Å². The van der Waals surface area contributed by atoms with Gasteiger partial charge in [0, 0.05) is 13.0 Å². The van der Waals surface area contributed by atoms with Crippen molar-refractivity contribution in [1.82, 2.24) is 0 Å². The van der Waals surface area contributed by atoms with E-state index in [1.54, 1.807) is 17.9 Å². The van der Waals surface area contributed by atoms with Crippen LogP contribution >= 0.6 is 0 Å². The van der Waals surface area contributed by atoms with Crippen molar-refractivity contribution < 1.29 is 9.18 Å². The van der Waals surface area contributed by atoms with E-state index in [2.05, 4.69) is 0 Å². The van der Waals surface area contributed by atoms with Crippen LogP contribution in [0.1, 0.15) is 22.3 Å². The summed E-state index contributed by atoms with van der Waals surface area (Å²) in [4.78, 5) is 13.7. The number of hydrogen-bond acceptors (Lipinski definition) is 3. The lowest BCUT2D eigenvalue weighted by atomic mass is 9.92. The Hall–Kier alpha value is -2.87. The molecule has 0 saturated carbocycles. The molecule has 1 unspecified atom stereocenters. The van der Waals surface area contributed by atoms with Crippen LogP contribution in [0.2, 0.25) is 0 Å². The summed E-state index contributed by atoms with van der Waals surface area (Å²) in [5, 5.41) is 9.31. The van der Waals surface area contributed by atoms with Gasteiger partial charge in [0.05, 0.1) is 5.69 Å². The van der Waals surface area contributed by atoms with E-state index in [9.17, 15) is 14.4 Å². The minimum Gasteiger partial charge on any atom is -0.368 e. The number of nitrogens with zero attached hydrogens (tertiary/aromatic N) is 2. The molecule has 0 fully saturated rings. The molecular formula is C18H16FN3O. The lowest BCUT2D eigenvalue weighted by Crippen LogP contribution is -2.49. The van der Waals surface area contributed by atoms with E-state index < -0.39 is 17.8 Å². The number of halogens is 1. The summed E-state index contributed by atoms with van der Waals surface area (Å²) in [5.41, 5.74) is 8.73. The molecule has 0 bridgehead atoms. The number of fused-ring (bicyclic) bond motifs is 1. The van der Waals surface area contributed by atoms with Crippen LogP contribution in [0, 0.1) is 24.1 Å². The normalized spacial score (nSPS) is 16.6. The highest BCUT2D eigenvalue weighted by Crippen LogP contribution is 2.32. The van der Waals surface area contributed by atoms with Gasteiger partial charge in [-0.1, -0.05) is 24.3 Å². The molecule has 0 saturated heterocycles. The molecule has 2 aromatic carbocycles. The third-order valence-electron chi connectivity index (χ3n) is 4.21. The zero-order valence-corrected chi connectivity index (χ0v) is 12.7. The van der Waals surface area contributed by atoms with Gasteiger partial charge >= 0.3 is 0 Å². The van der Waals surface area contributed by atoms with E-state index in [1.807, 2.05) is 30.3 Å². The number of carbonyl (C=O) groups excluding carboxylic acids is 1. The number of primary amides is 1. The molecule has 0 aliphatic carbocycles. The van der Waals surface area contributed by atoms with Crippen molar-refractivity contribution in [1.29, 1.82) is 5.26 Å². The maximum absolute atomic E-state index is 14.1. The highest BCUT2D eigenvalue weighted by molar-refractivity contribution is 5.85. The molecule has 1 amide bonds. The number of hydrogen-bond donors (Lipinski definition) is 1. The van der Waals surface area contributed by atoms with Gasteiger partial charge < -0.3 is 10.6 Å². The molecule has 0 aromatic heterocycles. The fourth-order valence-corrected chi connectivity index (χ4v) is 3.09. The predicted molar refractivity (Wildman–Crippen MR) is 85.2 cm³/mol. The molecule has 2 aromatic rings. The second kappa shape index (κ2) is 5.73. The van der Waals surface area contributed by atoms with Gasteiger partial charge in [-0.2, -0.15) is 5.26 Å². The molecule has 1 atom stereocenters. The van der Waals surface area contributed by atoms with Gasteiger partial charge in [-0.05, 0) is 35.7 Å². The number of nitriles is 1. The molecule has 3 rings (SSSR count). The third-order valence-corrected chi connectivity index (χ3v) is 4.21. The third kappa shape index (κ3) is 2.64. The smallest absolute Gasteiger partial charge is 0.240 e. The Balaban J connectivity index is 2.15. The van der Waals surface area contributed by atoms with E-state index in [0.29, 0.717) is 24.2 Å².